The Morgan fingerprint density at radius 3 is 2.56 bits per heavy atom. The first-order valence-corrected chi connectivity index (χ1v) is 9.67. The van der Waals surface area contributed by atoms with E-state index in [1.54, 1.807) is 11.8 Å². The number of carbonyl (C=O) groups is 2. The summed E-state index contributed by atoms with van der Waals surface area (Å²) in [5.41, 5.74) is 7.04. The summed E-state index contributed by atoms with van der Waals surface area (Å²) in [5, 5.41) is 0.432. The number of nitrogens with zero attached hydrogens (tertiary/aromatic N) is 1. The van der Waals surface area contributed by atoms with Crippen molar-refractivity contribution in [2.24, 2.45) is 11.3 Å². The summed E-state index contributed by atoms with van der Waals surface area (Å²) in [6, 6.07) is 7.47. The van der Waals surface area contributed by atoms with E-state index in [2.05, 4.69) is 6.08 Å². The summed E-state index contributed by atoms with van der Waals surface area (Å²) in [4.78, 5) is 28.0. The maximum Gasteiger partial charge on any atom is 0.227 e. The minimum atomic E-state index is -0.350. The molecule has 1 aromatic rings. The molecule has 2 heterocycles. The third kappa shape index (κ3) is 4.09. The molecule has 25 heavy (non-hydrogen) atoms. The molecule has 0 spiro atoms. The van der Waals surface area contributed by atoms with Crippen LogP contribution in [0.2, 0.25) is 0 Å². The summed E-state index contributed by atoms with van der Waals surface area (Å²) in [6.45, 7) is 7.36. The maximum absolute atomic E-state index is 12.6. The Kier molecular flexibility index (Phi) is 4.96. The number of Topliss-reactive ketones (excluding diaryl/α,β-unsaturated/α-hetero) is 1. The van der Waals surface area contributed by atoms with E-state index in [-0.39, 0.29) is 23.0 Å². The third-order valence-electron chi connectivity index (χ3n) is 4.83. The molecule has 1 saturated heterocycles. The fourth-order valence-corrected chi connectivity index (χ4v) is 4.87. The summed E-state index contributed by atoms with van der Waals surface area (Å²) in [5.74, 6) is 0.652. The van der Waals surface area contributed by atoms with Gasteiger partial charge in [-0.2, -0.15) is 0 Å². The molecule has 2 atom stereocenters. The number of benzene rings is 1. The van der Waals surface area contributed by atoms with Crippen molar-refractivity contribution in [2.45, 2.75) is 38.9 Å². The Hall–Kier alpha value is -1.75. The van der Waals surface area contributed by atoms with Crippen molar-refractivity contribution in [3.63, 3.8) is 0 Å². The number of allylic oxidation sites excluding steroid dienone is 1. The molecule has 3 rings (SSSR count). The first kappa shape index (κ1) is 18.1. The molecule has 2 aliphatic heterocycles. The molecule has 0 radical (unpaired) electrons. The first-order chi connectivity index (χ1) is 11.7. The van der Waals surface area contributed by atoms with E-state index >= 15 is 0 Å². The molecule has 2 aliphatic rings. The molecule has 1 fully saturated rings. The Morgan fingerprint density at radius 1 is 1.24 bits per heavy atom. The van der Waals surface area contributed by atoms with Gasteiger partial charge in [-0.3, -0.25) is 9.59 Å². The molecule has 2 unspecified atom stereocenters. The number of fused-ring (bicyclic) bond motifs is 1. The van der Waals surface area contributed by atoms with E-state index in [1.165, 1.54) is 0 Å². The number of likely N-dealkylation sites (tertiary alicyclic amines) is 1. The van der Waals surface area contributed by atoms with Gasteiger partial charge in [0, 0.05) is 40.3 Å². The van der Waals surface area contributed by atoms with Crippen molar-refractivity contribution in [3.8, 4) is 0 Å². The lowest BCUT2D eigenvalue weighted by Gasteiger charge is -2.34. The zero-order valence-corrected chi connectivity index (χ0v) is 15.9. The molecule has 1 amide bonds. The second kappa shape index (κ2) is 6.87. The lowest BCUT2D eigenvalue weighted by Crippen LogP contribution is -2.44. The second-order valence-corrected chi connectivity index (χ2v) is 9.26. The van der Waals surface area contributed by atoms with Crippen LogP contribution in [0.5, 0.6) is 0 Å². The van der Waals surface area contributed by atoms with Crippen molar-refractivity contribution in [3.05, 3.63) is 40.8 Å². The summed E-state index contributed by atoms with van der Waals surface area (Å²) in [6.07, 6.45) is 3.45. The van der Waals surface area contributed by atoms with E-state index < -0.39 is 0 Å². The first-order valence-electron chi connectivity index (χ1n) is 8.79. The molecule has 0 aromatic heterocycles. The average Bonchev–Trinajstić information content (AvgIpc) is 2.98. The lowest BCUT2D eigenvalue weighted by molar-refractivity contribution is -0.131. The van der Waals surface area contributed by atoms with Crippen LogP contribution in [0.1, 0.15) is 32.8 Å². The Morgan fingerprint density at radius 2 is 1.92 bits per heavy atom. The fourth-order valence-electron chi connectivity index (χ4n) is 3.31. The number of hydrogen-bond acceptors (Lipinski definition) is 4. The molecule has 0 saturated carbocycles. The Labute approximate surface area is 153 Å². The quantitative estimate of drug-likeness (QED) is 0.842. The molecular formula is C20H26N2O2S. The highest BCUT2D eigenvalue weighted by atomic mass is 32.2. The fraction of sp³-hybridized carbons (Fsp3) is 0.500. The van der Waals surface area contributed by atoms with Crippen molar-refractivity contribution >= 4 is 29.1 Å². The molecule has 0 aliphatic carbocycles. The van der Waals surface area contributed by atoms with Gasteiger partial charge in [0.2, 0.25) is 5.91 Å². The minimum absolute atomic E-state index is 0.150. The van der Waals surface area contributed by atoms with Gasteiger partial charge >= 0.3 is 0 Å². The minimum Gasteiger partial charge on any atom is -0.399 e. The molecule has 4 nitrogen and oxygen atoms in total. The van der Waals surface area contributed by atoms with E-state index in [0.29, 0.717) is 23.9 Å². The van der Waals surface area contributed by atoms with Crippen molar-refractivity contribution < 1.29 is 9.59 Å². The number of nitrogen functional groups attached to an aromatic ring is 1. The van der Waals surface area contributed by atoms with Crippen LogP contribution < -0.4 is 5.73 Å². The van der Waals surface area contributed by atoms with E-state index in [1.807, 2.05) is 49.9 Å². The number of nitrogens with two attached hydrogens (primary N) is 1. The van der Waals surface area contributed by atoms with Crippen LogP contribution in [-0.2, 0) is 16.0 Å². The van der Waals surface area contributed by atoms with Gasteiger partial charge < -0.3 is 10.6 Å². The molecule has 5 heteroatoms. The van der Waals surface area contributed by atoms with Crippen LogP contribution in [0.25, 0.3) is 0 Å². The van der Waals surface area contributed by atoms with Crippen molar-refractivity contribution in [1.82, 2.24) is 4.90 Å². The number of carbonyl (C=O) groups excluding carboxylic acids is 2. The zero-order valence-electron chi connectivity index (χ0n) is 15.1. The normalized spacial score (nSPS) is 23.2. The van der Waals surface area contributed by atoms with Crippen molar-refractivity contribution in [1.29, 1.82) is 0 Å². The highest BCUT2D eigenvalue weighted by Gasteiger charge is 2.39. The summed E-state index contributed by atoms with van der Waals surface area (Å²) in [7, 11) is 0. The Bertz CT molecular complexity index is 703. The van der Waals surface area contributed by atoms with E-state index in [0.717, 1.165) is 23.4 Å². The maximum atomic E-state index is 12.6. The lowest BCUT2D eigenvalue weighted by atomic mass is 9.89. The molecular weight excluding hydrogens is 332 g/mol. The SMILES string of the molecule is CC(C)(C)C(=O)C1=CC2CN(C(=O)Cc3ccc(N)cc3)CCC2S1. The predicted octanol–water partition coefficient (Wildman–Crippen LogP) is 3.27. The topological polar surface area (TPSA) is 63.4 Å². The highest BCUT2D eigenvalue weighted by Crippen LogP contribution is 2.43. The monoisotopic (exact) mass is 358 g/mol. The van der Waals surface area contributed by atoms with Gasteiger partial charge in [0.1, 0.15) is 0 Å². The second-order valence-electron chi connectivity index (χ2n) is 7.98. The van der Waals surface area contributed by atoms with Gasteiger partial charge in [-0.1, -0.05) is 39.0 Å². The molecule has 1 aromatic carbocycles. The number of rotatable bonds is 3. The van der Waals surface area contributed by atoms with Gasteiger partial charge in [-0.25, -0.2) is 0 Å². The van der Waals surface area contributed by atoms with Crippen LogP contribution in [0.3, 0.4) is 0 Å². The number of amides is 1. The number of anilines is 1. The van der Waals surface area contributed by atoms with Crippen LogP contribution in [0.4, 0.5) is 5.69 Å². The number of thioether (sulfide) groups is 1. The molecule has 134 valence electrons. The zero-order chi connectivity index (χ0) is 18.2. The van der Waals surface area contributed by atoms with E-state index in [4.69, 9.17) is 5.73 Å². The predicted molar refractivity (Wildman–Crippen MR) is 103 cm³/mol. The van der Waals surface area contributed by atoms with Crippen LogP contribution in [0.15, 0.2) is 35.2 Å². The molecule has 0 bridgehead atoms. The number of ketones is 1. The standard InChI is InChI=1S/C20H26N2O2S/c1-20(2,3)19(24)17-11-14-12-22(9-8-16(14)25-17)18(23)10-13-4-6-15(21)7-5-13/h4-7,11,14,16H,8-10,12,21H2,1-3H3. The number of hydrogen-bond donors (Lipinski definition) is 1. The van der Waals surface area contributed by atoms with Crippen LogP contribution in [0, 0.1) is 11.3 Å². The van der Waals surface area contributed by atoms with E-state index in [9.17, 15) is 9.59 Å². The average molecular weight is 359 g/mol. The smallest absolute Gasteiger partial charge is 0.227 e. The van der Waals surface area contributed by atoms with Gasteiger partial charge in [-0.05, 0) is 24.1 Å². The van der Waals surface area contributed by atoms with Gasteiger partial charge in [0.05, 0.1) is 6.42 Å². The molecule has 2 N–H and O–H groups in total. The largest absolute Gasteiger partial charge is 0.399 e. The summed E-state index contributed by atoms with van der Waals surface area (Å²) < 4.78 is 0. The Balaban J connectivity index is 1.63. The number of piperidine rings is 1. The highest BCUT2D eigenvalue weighted by molar-refractivity contribution is 8.04. The van der Waals surface area contributed by atoms with Gasteiger partial charge in [-0.15, -0.1) is 11.8 Å². The van der Waals surface area contributed by atoms with Crippen LogP contribution in [-0.4, -0.2) is 34.9 Å². The summed E-state index contributed by atoms with van der Waals surface area (Å²) >= 11 is 1.71. The van der Waals surface area contributed by atoms with Crippen LogP contribution >= 0.6 is 11.8 Å². The van der Waals surface area contributed by atoms with Gasteiger partial charge in [0.25, 0.3) is 0 Å². The third-order valence-corrected chi connectivity index (χ3v) is 6.29. The van der Waals surface area contributed by atoms with Crippen molar-refractivity contribution in [2.75, 3.05) is 18.8 Å². The van der Waals surface area contributed by atoms with Gasteiger partial charge in [0.15, 0.2) is 5.78 Å².